The number of benzene rings is 1. The van der Waals surface area contributed by atoms with Crippen LogP contribution in [0.3, 0.4) is 0 Å². The van der Waals surface area contributed by atoms with Gasteiger partial charge in [0.05, 0.1) is 0 Å². The largest absolute Gasteiger partial charge is 0.487 e. The number of aliphatic hydroxyl groups excluding tert-OH is 1. The van der Waals surface area contributed by atoms with Crippen LogP contribution in [-0.4, -0.2) is 36.5 Å². The second-order valence-corrected chi connectivity index (χ2v) is 4.32. The second-order valence-electron chi connectivity index (χ2n) is 4.32. The van der Waals surface area contributed by atoms with Crippen LogP contribution >= 0.6 is 0 Å². The van der Waals surface area contributed by atoms with Gasteiger partial charge in [-0.1, -0.05) is 12.1 Å². The smallest absolute Gasteiger partial charge is 0.161 e. The summed E-state index contributed by atoms with van der Waals surface area (Å²) >= 11 is 0. The Morgan fingerprint density at radius 1 is 1.31 bits per heavy atom. The van der Waals surface area contributed by atoms with E-state index in [9.17, 15) is 5.11 Å². The van der Waals surface area contributed by atoms with Gasteiger partial charge in [0.2, 0.25) is 0 Å². The molecule has 3 rings (SSSR count). The molecule has 0 aromatic heterocycles. The average Bonchev–Trinajstić information content (AvgIpc) is 3.10. The minimum atomic E-state index is -0.560. The maximum atomic E-state index is 9.92. The molecule has 3 unspecified atom stereocenters. The summed E-state index contributed by atoms with van der Waals surface area (Å²) < 4.78 is 11.3. The Bertz CT molecular complexity index is 378. The summed E-state index contributed by atoms with van der Waals surface area (Å²) in [4.78, 5) is 0. The highest BCUT2D eigenvalue weighted by atomic mass is 16.6. The number of fused-ring (bicyclic) bond motifs is 1. The van der Waals surface area contributed by atoms with Crippen molar-refractivity contribution in [2.45, 2.75) is 24.7 Å². The van der Waals surface area contributed by atoms with Crippen LogP contribution in [0.4, 0.5) is 0 Å². The van der Waals surface area contributed by atoms with Crippen LogP contribution < -0.4 is 14.8 Å². The van der Waals surface area contributed by atoms with E-state index < -0.39 is 6.10 Å². The number of ether oxygens (including phenoxy) is 2. The first-order valence-corrected chi connectivity index (χ1v) is 5.63. The van der Waals surface area contributed by atoms with Crippen LogP contribution in [0.1, 0.15) is 6.42 Å². The lowest BCUT2D eigenvalue weighted by molar-refractivity contribution is 0.0183. The molecule has 0 bridgehead atoms. The number of rotatable bonds is 2. The Hall–Kier alpha value is -1.26. The molecule has 2 aliphatic rings. The molecule has 0 saturated carbocycles. The van der Waals surface area contributed by atoms with Gasteiger partial charge in [-0.2, -0.15) is 0 Å². The van der Waals surface area contributed by atoms with Crippen molar-refractivity contribution in [1.82, 2.24) is 5.32 Å². The lowest BCUT2D eigenvalue weighted by atomic mass is 10.1. The molecule has 2 heterocycles. The van der Waals surface area contributed by atoms with Crippen molar-refractivity contribution in [3.8, 4) is 11.5 Å². The molecule has 2 aliphatic heterocycles. The number of para-hydroxylation sites is 2. The van der Waals surface area contributed by atoms with E-state index in [0.717, 1.165) is 18.7 Å². The fourth-order valence-electron chi connectivity index (χ4n) is 1.93. The van der Waals surface area contributed by atoms with Crippen molar-refractivity contribution in [3.63, 3.8) is 0 Å². The SMILES string of the molecule is OC1COc2ccccc2OC1CC1CN1. The molecular formula is C12H15NO3. The Kier molecular flexibility index (Phi) is 2.46. The van der Waals surface area contributed by atoms with Crippen LogP contribution in [0, 0.1) is 0 Å². The van der Waals surface area contributed by atoms with E-state index in [1.165, 1.54) is 0 Å². The highest BCUT2D eigenvalue weighted by molar-refractivity contribution is 5.40. The van der Waals surface area contributed by atoms with Crippen LogP contribution in [0.2, 0.25) is 0 Å². The fourth-order valence-corrected chi connectivity index (χ4v) is 1.93. The van der Waals surface area contributed by atoms with Crippen molar-refractivity contribution in [2.24, 2.45) is 0 Å². The second kappa shape index (κ2) is 3.96. The molecule has 0 spiro atoms. The Balaban J connectivity index is 1.79. The summed E-state index contributed by atoms with van der Waals surface area (Å²) in [5.41, 5.74) is 0. The standard InChI is InChI=1S/C12H15NO3/c14-9-7-15-10-3-1-2-4-11(10)16-12(9)5-8-6-13-8/h1-4,8-9,12-14H,5-7H2. The first-order valence-electron chi connectivity index (χ1n) is 5.63. The van der Waals surface area contributed by atoms with E-state index in [1.54, 1.807) is 0 Å². The monoisotopic (exact) mass is 221 g/mol. The minimum absolute atomic E-state index is 0.177. The molecule has 0 radical (unpaired) electrons. The van der Waals surface area contributed by atoms with Crippen LogP contribution in [0.15, 0.2) is 24.3 Å². The van der Waals surface area contributed by atoms with Crippen molar-refractivity contribution < 1.29 is 14.6 Å². The van der Waals surface area contributed by atoms with Gasteiger partial charge in [-0.05, 0) is 12.1 Å². The summed E-state index contributed by atoms with van der Waals surface area (Å²) in [5, 5.41) is 13.1. The van der Waals surface area contributed by atoms with Gasteiger partial charge >= 0.3 is 0 Å². The van der Waals surface area contributed by atoms with Gasteiger partial charge in [0.1, 0.15) is 18.8 Å². The van der Waals surface area contributed by atoms with E-state index in [4.69, 9.17) is 9.47 Å². The van der Waals surface area contributed by atoms with E-state index in [-0.39, 0.29) is 6.10 Å². The third kappa shape index (κ3) is 1.99. The van der Waals surface area contributed by atoms with Gasteiger partial charge in [-0.15, -0.1) is 0 Å². The molecular weight excluding hydrogens is 206 g/mol. The predicted octanol–water partition coefficient (Wildman–Crippen LogP) is 0.549. The summed E-state index contributed by atoms with van der Waals surface area (Å²) in [6.45, 7) is 1.32. The molecule has 1 aromatic rings. The highest BCUT2D eigenvalue weighted by Crippen LogP contribution is 2.31. The quantitative estimate of drug-likeness (QED) is 0.716. The number of nitrogens with one attached hydrogen (secondary N) is 1. The summed E-state index contributed by atoms with van der Waals surface area (Å²) in [5.74, 6) is 1.44. The Morgan fingerprint density at radius 3 is 2.81 bits per heavy atom. The van der Waals surface area contributed by atoms with Gasteiger partial charge in [0.25, 0.3) is 0 Å². The lowest BCUT2D eigenvalue weighted by Gasteiger charge is -2.19. The first kappa shape index (κ1) is 9.93. The summed E-state index contributed by atoms with van der Waals surface area (Å²) in [6.07, 6.45) is 0.0947. The summed E-state index contributed by atoms with van der Waals surface area (Å²) in [6, 6.07) is 8.04. The molecule has 0 aliphatic carbocycles. The van der Waals surface area contributed by atoms with Crippen molar-refractivity contribution in [3.05, 3.63) is 24.3 Å². The van der Waals surface area contributed by atoms with Gasteiger partial charge in [0, 0.05) is 19.0 Å². The van der Waals surface area contributed by atoms with E-state index in [2.05, 4.69) is 5.32 Å². The van der Waals surface area contributed by atoms with Gasteiger partial charge < -0.3 is 19.9 Å². The zero-order chi connectivity index (χ0) is 11.0. The molecule has 86 valence electrons. The lowest BCUT2D eigenvalue weighted by Crippen LogP contribution is -2.35. The number of hydrogen-bond donors (Lipinski definition) is 2. The molecule has 3 atom stereocenters. The third-order valence-electron chi connectivity index (χ3n) is 2.98. The van der Waals surface area contributed by atoms with Crippen molar-refractivity contribution >= 4 is 0 Å². The van der Waals surface area contributed by atoms with E-state index in [1.807, 2.05) is 24.3 Å². The molecule has 4 nitrogen and oxygen atoms in total. The first-order chi connectivity index (χ1) is 7.83. The average molecular weight is 221 g/mol. The van der Waals surface area contributed by atoms with E-state index >= 15 is 0 Å². The van der Waals surface area contributed by atoms with Gasteiger partial charge in [-0.3, -0.25) is 0 Å². The Morgan fingerprint density at radius 2 is 2.06 bits per heavy atom. The fraction of sp³-hybridized carbons (Fsp3) is 0.500. The van der Waals surface area contributed by atoms with Crippen molar-refractivity contribution in [1.29, 1.82) is 0 Å². The van der Waals surface area contributed by atoms with Crippen LogP contribution in [0.5, 0.6) is 11.5 Å². The predicted molar refractivity (Wildman–Crippen MR) is 58.8 cm³/mol. The molecule has 1 saturated heterocycles. The normalized spacial score (nSPS) is 31.9. The third-order valence-corrected chi connectivity index (χ3v) is 2.98. The van der Waals surface area contributed by atoms with Crippen LogP contribution in [-0.2, 0) is 0 Å². The molecule has 16 heavy (non-hydrogen) atoms. The summed E-state index contributed by atoms with van der Waals surface area (Å²) in [7, 11) is 0. The maximum absolute atomic E-state index is 9.92. The van der Waals surface area contributed by atoms with Gasteiger partial charge in [-0.25, -0.2) is 0 Å². The highest BCUT2D eigenvalue weighted by Gasteiger charge is 2.32. The molecule has 0 amide bonds. The Labute approximate surface area is 94.2 Å². The zero-order valence-electron chi connectivity index (χ0n) is 8.93. The van der Waals surface area contributed by atoms with Crippen molar-refractivity contribution in [2.75, 3.05) is 13.2 Å². The van der Waals surface area contributed by atoms with Crippen LogP contribution in [0.25, 0.3) is 0 Å². The maximum Gasteiger partial charge on any atom is 0.161 e. The molecule has 4 heteroatoms. The zero-order valence-corrected chi connectivity index (χ0v) is 8.93. The molecule has 2 N–H and O–H groups in total. The molecule has 1 aromatic carbocycles. The van der Waals surface area contributed by atoms with Gasteiger partial charge in [0.15, 0.2) is 11.5 Å². The minimum Gasteiger partial charge on any atom is -0.487 e. The van der Waals surface area contributed by atoms with E-state index in [0.29, 0.717) is 18.4 Å². The number of aliphatic hydroxyl groups is 1. The number of hydrogen-bond acceptors (Lipinski definition) is 4. The topological polar surface area (TPSA) is 60.6 Å². The molecule has 1 fully saturated rings.